The van der Waals surface area contributed by atoms with Crippen molar-refractivity contribution in [1.82, 2.24) is 9.47 Å². The average molecular weight is 282 g/mol. The second kappa shape index (κ2) is 7.81. The van der Waals surface area contributed by atoms with E-state index >= 15 is 0 Å². The normalized spacial score (nSPS) is 13.9. The van der Waals surface area contributed by atoms with Gasteiger partial charge in [0, 0.05) is 32.0 Å². The van der Waals surface area contributed by atoms with E-state index in [0.717, 1.165) is 19.5 Å². The van der Waals surface area contributed by atoms with Gasteiger partial charge in [-0.25, -0.2) is 0 Å². The maximum atomic E-state index is 10.1. The van der Waals surface area contributed by atoms with Gasteiger partial charge in [-0.1, -0.05) is 6.92 Å². The number of rotatable bonds is 8. The number of hydrogen-bond acceptors (Lipinski definition) is 3. The summed E-state index contributed by atoms with van der Waals surface area (Å²) in [6.45, 7) is 11.1. The van der Waals surface area contributed by atoms with Crippen molar-refractivity contribution in [3.8, 4) is 0 Å². The summed E-state index contributed by atoms with van der Waals surface area (Å²) in [5, 5.41) is 10.1. The summed E-state index contributed by atoms with van der Waals surface area (Å²) in [4.78, 5) is 2.28. The Morgan fingerprint density at radius 2 is 2.10 bits per heavy atom. The van der Waals surface area contributed by atoms with Crippen LogP contribution in [0.2, 0.25) is 0 Å². The maximum absolute atomic E-state index is 10.1. The standard InChI is InChI=1S/C16H30N2O2/c1-6-9-18(11-14-8-7-10-17(14)5)12-15(19)13-20-16(2,3)4/h7-8,10,15,19H,6,9,11-13H2,1-5H3. The molecule has 0 saturated carbocycles. The summed E-state index contributed by atoms with van der Waals surface area (Å²) in [7, 11) is 2.05. The molecule has 4 heteroatoms. The van der Waals surface area contributed by atoms with Gasteiger partial charge in [0.2, 0.25) is 0 Å². The third-order valence-corrected chi connectivity index (χ3v) is 3.15. The van der Waals surface area contributed by atoms with Gasteiger partial charge in [-0.3, -0.25) is 4.90 Å². The van der Waals surface area contributed by atoms with E-state index in [1.165, 1.54) is 5.69 Å². The Morgan fingerprint density at radius 1 is 1.40 bits per heavy atom. The zero-order valence-electron chi connectivity index (χ0n) is 13.6. The highest BCUT2D eigenvalue weighted by atomic mass is 16.5. The van der Waals surface area contributed by atoms with E-state index in [9.17, 15) is 5.11 Å². The van der Waals surface area contributed by atoms with Crippen LogP contribution < -0.4 is 0 Å². The summed E-state index contributed by atoms with van der Waals surface area (Å²) in [5.74, 6) is 0. The molecule has 116 valence electrons. The highest BCUT2D eigenvalue weighted by Crippen LogP contribution is 2.10. The highest BCUT2D eigenvalue weighted by molar-refractivity contribution is 5.06. The number of aliphatic hydroxyl groups excluding tert-OH is 1. The molecule has 1 aromatic heterocycles. The van der Waals surface area contributed by atoms with E-state index in [1.807, 2.05) is 20.8 Å². The molecule has 0 spiro atoms. The van der Waals surface area contributed by atoms with Gasteiger partial charge in [-0.05, 0) is 45.9 Å². The van der Waals surface area contributed by atoms with Crippen molar-refractivity contribution in [2.24, 2.45) is 7.05 Å². The Labute approximate surface area is 123 Å². The van der Waals surface area contributed by atoms with E-state index in [4.69, 9.17) is 4.74 Å². The number of ether oxygens (including phenoxy) is 1. The molecule has 1 atom stereocenters. The second-order valence-electron chi connectivity index (χ2n) is 6.42. The van der Waals surface area contributed by atoms with Crippen molar-refractivity contribution >= 4 is 0 Å². The number of aromatic nitrogens is 1. The number of nitrogens with zero attached hydrogens (tertiary/aromatic N) is 2. The lowest BCUT2D eigenvalue weighted by Crippen LogP contribution is -2.37. The fraction of sp³-hybridized carbons (Fsp3) is 0.750. The van der Waals surface area contributed by atoms with Crippen LogP contribution in [0.15, 0.2) is 18.3 Å². The molecular formula is C16H30N2O2. The first kappa shape index (κ1) is 17.2. The third kappa shape index (κ3) is 6.55. The quantitative estimate of drug-likeness (QED) is 0.795. The maximum Gasteiger partial charge on any atom is 0.0900 e. The molecule has 0 aromatic carbocycles. The largest absolute Gasteiger partial charge is 0.389 e. The molecule has 0 aliphatic carbocycles. The van der Waals surface area contributed by atoms with Crippen LogP contribution in [0.25, 0.3) is 0 Å². The van der Waals surface area contributed by atoms with Gasteiger partial charge >= 0.3 is 0 Å². The van der Waals surface area contributed by atoms with Crippen LogP contribution in [0.3, 0.4) is 0 Å². The van der Waals surface area contributed by atoms with Crippen molar-refractivity contribution < 1.29 is 9.84 Å². The predicted octanol–water partition coefficient (Wildman–Crippen LogP) is 2.41. The van der Waals surface area contributed by atoms with E-state index in [2.05, 4.69) is 41.8 Å². The van der Waals surface area contributed by atoms with Crippen LogP contribution in [0.5, 0.6) is 0 Å². The van der Waals surface area contributed by atoms with Gasteiger partial charge in [0.05, 0.1) is 18.3 Å². The van der Waals surface area contributed by atoms with Crippen molar-refractivity contribution in [2.75, 3.05) is 19.7 Å². The Morgan fingerprint density at radius 3 is 2.60 bits per heavy atom. The van der Waals surface area contributed by atoms with E-state index < -0.39 is 6.10 Å². The lowest BCUT2D eigenvalue weighted by molar-refractivity contribution is -0.0567. The van der Waals surface area contributed by atoms with Gasteiger partial charge in [-0.15, -0.1) is 0 Å². The van der Waals surface area contributed by atoms with Gasteiger partial charge in [0.15, 0.2) is 0 Å². The highest BCUT2D eigenvalue weighted by Gasteiger charge is 2.16. The van der Waals surface area contributed by atoms with Crippen LogP contribution in [0.1, 0.15) is 39.8 Å². The molecule has 0 saturated heterocycles. The number of aliphatic hydroxyl groups is 1. The average Bonchev–Trinajstić information content (AvgIpc) is 2.72. The summed E-state index contributed by atoms with van der Waals surface area (Å²) in [6.07, 6.45) is 2.69. The Hall–Kier alpha value is -0.840. The summed E-state index contributed by atoms with van der Waals surface area (Å²) in [5.41, 5.74) is 1.07. The molecule has 0 bridgehead atoms. The molecule has 1 N–H and O–H groups in total. The van der Waals surface area contributed by atoms with E-state index in [-0.39, 0.29) is 5.60 Å². The van der Waals surface area contributed by atoms with Crippen LogP contribution in [0, 0.1) is 0 Å². The molecular weight excluding hydrogens is 252 g/mol. The molecule has 0 radical (unpaired) electrons. The predicted molar refractivity (Wildman–Crippen MR) is 82.7 cm³/mol. The topological polar surface area (TPSA) is 37.6 Å². The summed E-state index contributed by atoms with van der Waals surface area (Å²) < 4.78 is 7.77. The van der Waals surface area contributed by atoms with Crippen LogP contribution in [0.4, 0.5) is 0 Å². The lowest BCUT2D eigenvalue weighted by atomic mass is 10.2. The Bertz CT molecular complexity index is 382. The van der Waals surface area contributed by atoms with E-state index in [0.29, 0.717) is 13.2 Å². The van der Waals surface area contributed by atoms with Gasteiger partial charge in [0.1, 0.15) is 0 Å². The first-order valence-electron chi connectivity index (χ1n) is 7.46. The zero-order valence-corrected chi connectivity index (χ0v) is 13.6. The van der Waals surface area contributed by atoms with Gasteiger partial charge in [0.25, 0.3) is 0 Å². The van der Waals surface area contributed by atoms with E-state index in [1.54, 1.807) is 0 Å². The minimum absolute atomic E-state index is 0.200. The molecule has 0 fully saturated rings. The molecule has 1 unspecified atom stereocenters. The number of aryl methyl sites for hydroxylation is 1. The molecule has 0 amide bonds. The summed E-state index contributed by atoms with van der Waals surface area (Å²) in [6, 6.07) is 4.18. The molecule has 20 heavy (non-hydrogen) atoms. The molecule has 1 heterocycles. The minimum atomic E-state index is -0.443. The lowest BCUT2D eigenvalue weighted by Gasteiger charge is -2.27. The first-order chi connectivity index (χ1) is 9.31. The van der Waals surface area contributed by atoms with Crippen molar-refractivity contribution in [1.29, 1.82) is 0 Å². The first-order valence-corrected chi connectivity index (χ1v) is 7.46. The molecule has 1 aromatic rings. The molecule has 4 nitrogen and oxygen atoms in total. The monoisotopic (exact) mass is 282 g/mol. The SMILES string of the molecule is CCCN(Cc1cccn1C)CC(O)COC(C)(C)C. The van der Waals surface area contributed by atoms with Gasteiger partial charge in [-0.2, -0.15) is 0 Å². The Balaban J connectivity index is 2.48. The Kier molecular flexibility index (Phi) is 6.72. The van der Waals surface area contributed by atoms with Crippen molar-refractivity contribution in [3.05, 3.63) is 24.0 Å². The number of hydrogen-bond donors (Lipinski definition) is 1. The molecule has 0 aliphatic rings. The fourth-order valence-corrected chi connectivity index (χ4v) is 2.14. The van der Waals surface area contributed by atoms with Crippen molar-refractivity contribution in [2.45, 2.75) is 52.4 Å². The van der Waals surface area contributed by atoms with Crippen molar-refractivity contribution in [3.63, 3.8) is 0 Å². The van der Waals surface area contributed by atoms with Gasteiger partial charge < -0.3 is 14.4 Å². The van der Waals surface area contributed by atoms with Crippen LogP contribution in [-0.4, -0.2) is 46.0 Å². The van der Waals surface area contributed by atoms with Crippen LogP contribution >= 0.6 is 0 Å². The smallest absolute Gasteiger partial charge is 0.0900 e. The summed E-state index contributed by atoms with van der Waals surface area (Å²) >= 11 is 0. The fourth-order valence-electron chi connectivity index (χ4n) is 2.14. The minimum Gasteiger partial charge on any atom is -0.389 e. The molecule has 1 rings (SSSR count). The molecule has 0 aliphatic heterocycles. The second-order valence-corrected chi connectivity index (χ2v) is 6.42. The third-order valence-electron chi connectivity index (χ3n) is 3.15. The van der Waals surface area contributed by atoms with Crippen LogP contribution in [-0.2, 0) is 18.3 Å². The zero-order chi connectivity index (χ0) is 15.2.